The van der Waals surface area contributed by atoms with Gasteiger partial charge in [0.05, 0.1) is 0 Å². The Bertz CT molecular complexity index is 206. The van der Waals surface area contributed by atoms with Gasteiger partial charge in [-0.1, -0.05) is 41.5 Å². The third-order valence-corrected chi connectivity index (χ3v) is 10.6. The van der Waals surface area contributed by atoms with E-state index in [0.717, 1.165) is 0 Å². The first-order valence-corrected chi connectivity index (χ1v) is 14.0. The van der Waals surface area contributed by atoms with Gasteiger partial charge in [-0.25, -0.2) is 0 Å². The molecule has 0 aliphatic carbocycles. The van der Waals surface area contributed by atoms with E-state index in [4.69, 9.17) is 45.0 Å². The van der Waals surface area contributed by atoms with Crippen LogP contribution in [-0.2, 0) is 13.5 Å². The summed E-state index contributed by atoms with van der Waals surface area (Å²) in [6.07, 6.45) is 8.51. The predicted molar refractivity (Wildman–Crippen MR) is 108 cm³/mol. The first-order valence-electron chi connectivity index (χ1n) is 7.23. The van der Waals surface area contributed by atoms with Crippen LogP contribution in [0.25, 0.3) is 0 Å². The molecule has 21 heavy (non-hydrogen) atoms. The average Bonchev–Trinajstić information content (AvgIpc) is 2.51. The summed E-state index contributed by atoms with van der Waals surface area (Å²) >= 11 is 16.2. The van der Waals surface area contributed by atoms with Crippen LogP contribution in [0, 0.1) is 0 Å². The first-order chi connectivity index (χ1) is 9.87. The van der Waals surface area contributed by atoms with E-state index in [9.17, 15) is 0 Å². The second-order valence-electron chi connectivity index (χ2n) is 3.79. The molecule has 0 saturated carbocycles. The maximum atomic E-state index is 5.26. The van der Waals surface area contributed by atoms with Gasteiger partial charge in [-0.3, -0.25) is 0 Å². The fraction of sp³-hybridized carbons (Fsp3) is 0.857. The molecular formula is C14H30Cl4NiP2. The van der Waals surface area contributed by atoms with Crippen LogP contribution >= 0.6 is 60.8 Å². The molecule has 0 bridgehead atoms. The van der Waals surface area contributed by atoms with E-state index in [-0.39, 0.29) is 8.49 Å². The molecule has 0 amide bonds. The van der Waals surface area contributed by atoms with E-state index in [0.29, 0.717) is 29.4 Å². The Labute approximate surface area is 160 Å². The van der Waals surface area contributed by atoms with E-state index in [2.05, 4.69) is 41.5 Å². The van der Waals surface area contributed by atoms with Gasteiger partial charge >= 0.3 is 67.0 Å². The summed E-state index contributed by atoms with van der Waals surface area (Å²) in [6, 6.07) is 0. The van der Waals surface area contributed by atoms with Gasteiger partial charge in [0.1, 0.15) is 0 Å². The molecule has 0 unspecified atom stereocenters. The second-order valence-corrected chi connectivity index (χ2v) is 13.0. The van der Waals surface area contributed by atoms with Crippen LogP contribution in [0.1, 0.15) is 41.5 Å². The SMILES string of the molecule is CCP(CC)CC.CCP(CC)CC.[Cl][Ni][C](Cl)=C(Cl)Cl. The molecule has 0 N–H and O–H groups in total. The van der Waals surface area contributed by atoms with Crippen LogP contribution < -0.4 is 0 Å². The zero-order chi connectivity index (χ0) is 17.3. The summed E-state index contributed by atoms with van der Waals surface area (Å²) in [5, 5.41) is 0. The molecule has 0 fully saturated rings. The predicted octanol–water partition coefficient (Wildman–Crippen LogP) is 8.12. The Balaban J connectivity index is -0.000000231. The molecule has 0 atom stereocenters. The molecule has 134 valence electrons. The Morgan fingerprint density at radius 3 is 0.905 bits per heavy atom. The zero-order valence-electron chi connectivity index (χ0n) is 14.0. The van der Waals surface area contributed by atoms with E-state index < -0.39 is 0 Å². The van der Waals surface area contributed by atoms with Crippen molar-refractivity contribution in [2.24, 2.45) is 0 Å². The molecule has 0 aromatic carbocycles. The third-order valence-electron chi connectivity index (χ3n) is 2.87. The summed E-state index contributed by atoms with van der Waals surface area (Å²) in [4.78, 5) is 0. The van der Waals surface area contributed by atoms with Crippen molar-refractivity contribution in [1.29, 1.82) is 0 Å². The summed E-state index contributed by atoms with van der Waals surface area (Å²) in [5.41, 5.74) is 0. The third kappa shape index (κ3) is 22.3. The van der Waals surface area contributed by atoms with Gasteiger partial charge in [-0.05, 0) is 37.0 Å². The van der Waals surface area contributed by atoms with Crippen molar-refractivity contribution in [3.05, 3.63) is 8.49 Å². The van der Waals surface area contributed by atoms with Crippen LogP contribution in [0.4, 0.5) is 0 Å². The molecule has 7 heteroatoms. The molecule has 0 aromatic rings. The Morgan fingerprint density at radius 2 is 0.905 bits per heavy atom. The van der Waals surface area contributed by atoms with Gasteiger partial charge in [0.2, 0.25) is 0 Å². The molecule has 0 aliphatic heterocycles. The van der Waals surface area contributed by atoms with E-state index in [1.54, 1.807) is 0 Å². The average molecular weight is 461 g/mol. The van der Waals surface area contributed by atoms with Crippen LogP contribution in [0.15, 0.2) is 8.49 Å². The number of hydrogen-bond acceptors (Lipinski definition) is 0. The van der Waals surface area contributed by atoms with Gasteiger partial charge < -0.3 is 0 Å². The van der Waals surface area contributed by atoms with Gasteiger partial charge in [-0.2, -0.15) is 0 Å². The van der Waals surface area contributed by atoms with Crippen molar-refractivity contribution in [1.82, 2.24) is 0 Å². The van der Waals surface area contributed by atoms with Gasteiger partial charge in [0.15, 0.2) is 0 Å². The van der Waals surface area contributed by atoms with E-state index in [1.807, 2.05) is 0 Å². The minimum absolute atomic E-state index is 0.0108. The first kappa shape index (κ1) is 28.1. The zero-order valence-corrected chi connectivity index (χ0v) is 19.8. The van der Waals surface area contributed by atoms with Crippen LogP contribution in [0.5, 0.6) is 0 Å². The molecule has 0 aliphatic rings. The van der Waals surface area contributed by atoms with Crippen LogP contribution in [0.3, 0.4) is 0 Å². The molecule has 0 heterocycles. The van der Waals surface area contributed by atoms with Crippen LogP contribution in [0.2, 0.25) is 0 Å². The Kier molecular flexibility index (Phi) is 29.7. The Hall–Kier alpha value is 2.25. The van der Waals surface area contributed by atoms with Crippen molar-refractivity contribution < 1.29 is 13.5 Å². The van der Waals surface area contributed by atoms with Crippen LogP contribution in [-0.4, -0.2) is 37.0 Å². The molecule has 0 spiro atoms. The monoisotopic (exact) mass is 458 g/mol. The van der Waals surface area contributed by atoms with E-state index in [1.165, 1.54) is 37.0 Å². The normalized spacial score (nSPS) is 9.90. The molecular weight excluding hydrogens is 431 g/mol. The number of halogens is 4. The standard InChI is InChI=1S/2C6H15P.C2Cl3.ClH.Ni/c2*1-4-7(5-2)6-3;3-1-2(4)5;;/h2*4-6H2,1-3H3;;1H;/q;;;;+1/p-1. The van der Waals surface area contributed by atoms with Crippen molar-refractivity contribution in [3.8, 4) is 0 Å². The van der Waals surface area contributed by atoms with E-state index >= 15 is 0 Å². The van der Waals surface area contributed by atoms with Crippen molar-refractivity contribution in [2.75, 3.05) is 37.0 Å². The molecule has 0 rings (SSSR count). The molecule has 0 aromatic heterocycles. The fourth-order valence-electron chi connectivity index (χ4n) is 1.36. The molecule has 0 nitrogen and oxygen atoms in total. The molecule has 0 saturated heterocycles. The summed E-state index contributed by atoms with van der Waals surface area (Å²) in [7, 11) is 6.02. The second kappa shape index (κ2) is 22.3. The maximum absolute atomic E-state index is 5.26. The number of hydrogen-bond donors (Lipinski definition) is 0. The molecule has 0 radical (unpaired) electrons. The van der Waals surface area contributed by atoms with Gasteiger partial charge in [0, 0.05) is 0 Å². The summed E-state index contributed by atoms with van der Waals surface area (Å²) < 4.78 is 0.231. The topological polar surface area (TPSA) is 0 Å². The fourth-order valence-corrected chi connectivity index (χ4v) is 4.86. The van der Waals surface area contributed by atoms with Crippen molar-refractivity contribution in [3.63, 3.8) is 0 Å². The summed E-state index contributed by atoms with van der Waals surface area (Å²) in [6.45, 7) is 13.7. The number of rotatable bonds is 7. The van der Waals surface area contributed by atoms with Gasteiger partial charge in [0.25, 0.3) is 0 Å². The quantitative estimate of drug-likeness (QED) is 0.266. The summed E-state index contributed by atoms with van der Waals surface area (Å²) in [5.74, 6) is 0. The van der Waals surface area contributed by atoms with Gasteiger partial charge in [-0.15, -0.1) is 15.8 Å². The Morgan fingerprint density at radius 1 is 0.667 bits per heavy atom. The minimum atomic E-state index is 0.0108. The van der Waals surface area contributed by atoms with Crippen molar-refractivity contribution >= 4 is 60.8 Å². The van der Waals surface area contributed by atoms with Crippen molar-refractivity contribution in [2.45, 2.75) is 41.5 Å².